The molecule has 1 aromatic carbocycles. The minimum atomic E-state index is -0.199. The van der Waals surface area contributed by atoms with Crippen molar-refractivity contribution >= 4 is 17.5 Å². The average molecular weight is 331 g/mol. The molecule has 0 saturated carbocycles. The van der Waals surface area contributed by atoms with Gasteiger partial charge in [-0.1, -0.05) is 17.7 Å². The molecule has 1 aromatic heterocycles. The van der Waals surface area contributed by atoms with E-state index in [2.05, 4.69) is 15.3 Å². The van der Waals surface area contributed by atoms with Crippen LogP contribution in [0.15, 0.2) is 42.2 Å². The summed E-state index contributed by atoms with van der Waals surface area (Å²) in [5.74, 6) is 0.173. The Morgan fingerprint density at radius 3 is 2.52 bits per heavy atom. The number of amides is 1. The summed E-state index contributed by atoms with van der Waals surface area (Å²) in [6.07, 6.45) is 5.09. The van der Waals surface area contributed by atoms with Crippen molar-refractivity contribution in [1.82, 2.24) is 15.3 Å². The lowest BCUT2D eigenvalue weighted by atomic mass is 9.96. The Labute approximate surface area is 140 Å². The average Bonchev–Trinajstić information content (AvgIpc) is 2.52. The number of carbonyl (C=O) groups excluding carboxylic acids is 1. The third-order valence-electron chi connectivity index (χ3n) is 3.56. The second kappa shape index (κ2) is 7.24. The maximum Gasteiger partial charge on any atom is 0.229 e. The zero-order chi connectivity index (χ0) is 17.0. The fraction of sp³-hybridized carbons (Fsp3) is 0.235. The molecule has 0 aliphatic carbocycles. The van der Waals surface area contributed by atoms with E-state index in [9.17, 15) is 4.79 Å². The van der Waals surface area contributed by atoms with E-state index in [4.69, 9.17) is 17.3 Å². The van der Waals surface area contributed by atoms with E-state index in [0.717, 1.165) is 27.8 Å². The van der Waals surface area contributed by atoms with Crippen LogP contribution in [0.2, 0.25) is 5.02 Å². The molecule has 0 aliphatic rings. The Kier molecular flexibility index (Phi) is 5.34. The summed E-state index contributed by atoms with van der Waals surface area (Å²) in [5.41, 5.74) is 10.2. The number of hydrogen-bond acceptors (Lipinski definition) is 4. The SMILES string of the molecule is CC(C)=C(N)NC(=O)Cc1c(Cl)ccc(-c2cncnc2)c1C. The number of aromatic nitrogens is 2. The van der Waals surface area contributed by atoms with Gasteiger partial charge in [-0.05, 0) is 49.1 Å². The largest absolute Gasteiger partial charge is 0.385 e. The van der Waals surface area contributed by atoms with Gasteiger partial charge in [-0.2, -0.15) is 0 Å². The molecule has 0 bridgehead atoms. The molecule has 1 amide bonds. The second-order valence-corrected chi connectivity index (χ2v) is 5.87. The highest BCUT2D eigenvalue weighted by Crippen LogP contribution is 2.30. The minimum absolute atomic E-state index is 0.153. The van der Waals surface area contributed by atoms with E-state index >= 15 is 0 Å². The molecule has 0 unspecified atom stereocenters. The van der Waals surface area contributed by atoms with Gasteiger partial charge >= 0.3 is 0 Å². The van der Waals surface area contributed by atoms with Gasteiger partial charge in [-0.3, -0.25) is 4.79 Å². The Morgan fingerprint density at radius 1 is 1.26 bits per heavy atom. The summed E-state index contributed by atoms with van der Waals surface area (Å²) >= 11 is 6.28. The Balaban J connectivity index is 2.33. The molecule has 6 heteroatoms. The number of halogens is 1. The van der Waals surface area contributed by atoms with Crippen molar-refractivity contribution in [3.63, 3.8) is 0 Å². The molecular weight excluding hydrogens is 312 g/mol. The summed E-state index contributed by atoms with van der Waals surface area (Å²) in [5, 5.41) is 3.23. The Morgan fingerprint density at radius 2 is 1.91 bits per heavy atom. The molecule has 0 aliphatic heterocycles. The van der Waals surface area contributed by atoms with Crippen molar-refractivity contribution in [2.24, 2.45) is 5.73 Å². The normalized spacial score (nSPS) is 10.3. The highest BCUT2D eigenvalue weighted by molar-refractivity contribution is 6.31. The van der Waals surface area contributed by atoms with E-state index in [-0.39, 0.29) is 12.3 Å². The molecule has 0 fully saturated rings. The van der Waals surface area contributed by atoms with Crippen LogP contribution in [0.25, 0.3) is 11.1 Å². The topological polar surface area (TPSA) is 80.9 Å². The van der Waals surface area contributed by atoms with Gasteiger partial charge in [0.05, 0.1) is 6.42 Å². The summed E-state index contributed by atoms with van der Waals surface area (Å²) in [4.78, 5) is 20.2. The predicted molar refractivity (Wildman–Crippen MR) is 91.6 cm³/mol. The van der Waals surface area contributed by atoms with Crippen molar-refractivity contribution in [1.29, 1.82) is 0 Å². The summed E-state index contributed by atoms with van der Waals surface area (Å²) < 4.78 is 0. The van der Waals surface area contributed by atoms with E-state index in [1.165, 1.54) is 6.33 Å². The van der Waals surface area contributed by atoms with E-state index in [0.29, 0.717) is 10.8 Å². The summed E-state index contributed by atoms with van der Waals surface area (Å²) in [6.45, 7) is 5.61. The highest BCUT2D eigenvalue weighted by atomic mass is 35.5. The number of benzene rings is 1. The first kappa shape index (κ1) is 17.0. The number of rotatable bonds is 4. The second-order valence-electron chi connectivity index (χ2n) is 5.46. The zero-order valence-electron chi connectivity index (χ0n) is 13.4. The Bertz CT molecular complexity index is 753. The maximum atomic E-state index is 12.2. The molecule has 23 heavy (non-hydrogen) atoms. The molecule has 0 spiro atoms. The van der Waals surface area contributed by atoms with Crippen molar-refractivity contribution in [3.8, 4) is 11.1 Å². The van der Waals surface area contributed by atoms with Gasteiger partial charge in [0.25, 0.3) is 0 Å². The minimum Gasteiger partial charge on any atom is -0.385 e. The lowest BCUT2D eigenvalue weighted by Crippen LogP contribution is -2.29. The summed E-state index contributed by atoms with van der Waals surface area (Å²) in [7, 11) is 0. The number of nitrogens with zero attached hydrogens (tertiary/aromatic N) is 2. The predicted octanol–water partition coefficient (Wildman–Crippen LogP) is 2.97. The molecule has 120 valence electrons. The number of hydrogen-bond donors (Lipinski definition) is 2. The number of allylic oxidation sites excluding steroid dienone is 1. The van der Waals surface area contributed by atoms with Crippen molar-refractivity contribution < 1.29 is 4.79 Å². The van der Waals surface area contributed by atoms with Gasteiger partial charge in [0, 0.05) is 23.0 Å². The fourth-order valence-electron chi connectivity index (χ4n) is 2.17. The molecular formula is C17H19ClN4O. The van der Waals surface area contributed by atoms with Gasteiger partial charge in [0.1, 0.15) is 12.1 Å². The van der Waals surface area contributed by atoms with Crippen molar-refractivity contribution in [2.45, 2.75) is 27.2 Å². The molecule has 0 atom stereocenters. The first-order chi connectivity index (χ1) is 10.9. The van der Waals surface area contributed by atoms with Gasteiger partial charge in [-0.25, -0.2) is 9.97 Å². The van der Waals surface area contributed by atoms with Crippen molar-refractivity contribution in [2.75, 3.05) is 0 Å². The lowest BCUT2D eigenvalue weighted by molar-refractivity contribution is -0.119. The monoisotopic (exact) mass is 330 g/mol. The van der Waals surface area contributed by atoms with Crippen LogP contribution in [0.3, 0.4) is 0 Å². The van der Waals surface area contributed by atoms with Crippen LogP contribution >= 0.6 is 11.6 Å². The first-order valence-corrected chi connectivity index (χ1v) is 7.54. The van der Waals surface area contributed by atoms with Crippen molar-refractivity contribution in [3.05, 3.63) is 58.4 Å². The molecule has 1 heterocycles. The van der Waals surface area contributed by atoms with E-state index in [1.807, 2.05) is 26.8 Å². The van der Waals surface area contributed by atoms with Crippen LogP contribution in [0.5, 0.6) is 0 Å². The molecule has 0 saturated heterocycles. The standard InChI is InChI=1S/C17H19ClN4O/c1-10(2)17(19)22-16(23)6-14-11(3)13(4-5-15(14)18)12-7-20-9-21-8-12/h4-5,7-9H,6,19H2,1-3H3,(H,22,23). The molecule has 2 aromatic rings. The molecule has 2 rings (SSSR count). The number of carbonyl (C=O) groups is 1. The first-order valence-electron chi connectivity index (χ1n) is 7.16. The van der Waals surface area contributed by atoms with Crippen LogP contribution in [0.1, 0.15) is 25.0 Å². The van der Waals surface area contributed by atoms with Gasteiger partial charge in [0.15, 0.2) is 0 Å². The van der Waals surface area contributed by atoms with Crippen LogP contribution < -0.4 is 11.1 Å². The van der Waals surface area contributed by atoms with Gasteiger partial charge in [0.2, 0.25) is 5.91 Å². The Hall–Kier alpha value is -2.40. The number of nitrogens with one attached hydrogen (secondary N) is 1. The van der Waals surface area contributed by atoms with Gasteiger partial charge in [-0.15, -0.1) is 0 Å². The highest BCUT2D eigenvalue weighted by Gasteiger charge is 2.14. The van der Waals surface area contributed by atoms with E-state index in [1.54, 1.807) is 18.5 Å². The van der Waals surface area contributed by atoms with Crippen LogP contribution in [-0.4, -0.2) is 15.9 Å². The smallest absolute Gasteiger partial charge is 0.229 e. The zero-order valence-corrected chi connectivity index (χ0v) is 14.1. The van der Waals surface area contributed by atoms with Crippen LogP contribution in [0, 0.1) is 6.92 Å². The third-order valence-corrected chi connectivity index (χ3v) is 3.92. The third kappa shape index (κ3) is 4.07. The number of nitrogens with two attached hydrogens (primary N) is 1. The van der Waals surface area contributed by atoms with E-state index < -0.39 is 0 Å². The maximum absolute atomic E-state index is 12.2. The molecule has 0 radical (unpaired) electrons. The quantitative estimate of drug-likeness (QED) is 0.903. The lowest BCUT2D eigenvalue weighted by Gasteiger charge is -2.14. The van der Waals surface area contributed by atoms with Gasteiger partial charge < -0.3 is 11.1 Å². The summed E-state index contributed by atoms with van der Waals surface area (Å²) in [6, 6.07) is 3.69. The molecule has 3 N–H and O–H groups in total. The fourth-order valence-corrected chi connectivity index (χ4v) is 2.44. The van der Waals surface area contributed by atoms with Crippen LogP contribution in [-0.2, 0) is 11.2 Å². The van der Waals surface area contributed by atoms with Crippen LogP contribution in [0.4, 0.5) is 0 Å². The molecule has 5 nitrogen and oxygen atoms in total.